The number of carbonyl (C=O) groups excluding carboxylic acids is 2. The Hall–Kier alpha value is -3.50. The number of hydrogen-bond donors (Lipinski definition) is 1. The summed E-state index contributed by atoms with van der Waals surface area (Å²) in [5.41, 5.74) is 1.97. The van der Waals surface area contributed by atoms with Gasteiger partial charge in [-0.15, -0.1) is 0 Å². The fourth-order valence-electron chi connectivity index (χ4n) is 4.04. The average Bonchev–Trinajstić information content (AvgIpc) is 3.27. The number of ether oxygens (including phenoxy) is 2. The highest BCUT2D eigenvalue weighted by atomic mass is 16.7. The van der Waals surface area contributed by atoms with E-state index in [2.05, 4.69) is 15.3 Å². The number of carbonyl (C=O) groups is 2. The zero-order chi connectivity index (χ0) is 22.0. The molecular weight excluding hydrogens is 412 g/mol. The summed E-state index contributed by atoms with van der Waals surface area (Å²) in [6.45, 7) is 2.45. The highest BCUT2D eigenvalue weighted by Crippen LogP contribution is 2.25. The average molecular weight is 436 g/mol. The summed E-state index contributed by atoms with van der Waals surface area (Å²) < 4.78 is 13.7. The van der Waals surface area contributed by atoms with Gasteiger partial charge >= 0.3 is 6.03 Å². The molecule has 1 spiro atoms. The van der Waals surface area contributed by atoms with Crippen LogP contribution in [0.4, 0.5) is 4.79 Å². The van der Waals surface area contributed by atoms with Crippen molar-refractivity contribution in [2.75, 3.05) is 39.4 Å². The van der Waals surface area contributed by atoms with Crippen molar-refractivity contribution >= 4 is 17.6 Å². The predicted octanol–water partition coefficient (Wildman–Crippen LogP) is 1.14. The van der Waals surface area contributed by atoms with Gasteiger partial charge in [-0.3, -0.25) is 9.78 Å². The lowest BCUT2D eigenvalue weighted by Crippen LogP contribution is -2.64. The lowest BCUT2D eigenvalue weighted by molar-refractivity contribution is -0.281. The van der Waals surface area contributed by atoms with Gasteiger partial charge in [0.05, 0.1) is 32.5 Å². The van der Waals surface area contributed by atoms with E-state index in [4.69, 9.17) is 9.47 Å². The van der Waals surface area contributed by atoms with Crippen molar-refractivity contribution in [3.05, 3.63) is 66.4 Å². The second-order valence-corrected chi connectivity index (χ2v) is 7.87. The smallest absolute Gasteiger partial charge is 0.317 e. The van der Waals surface area contributed by atoms with Gasteiger partial charge in [0.25, 0.3) is 5.91 Å². The van der Waals surface area contributed by atoms with Crippen molar-refractivity contribution < 1.29 is 19.1 Å². The Labute approximate surface area is 184 Å². The largest absolute Gasteiger partial charge is 0.345 e. The van der Waals surface area contributed by atoms with Crippen molar-refractivity contribution in [2.24, 2.45) is 0 Å². The van der Waals surface area contributed by atoms with Crippen LogP contribution in [0.1, 0.15) is 16.1 Å². The molecule has 2 aliphatic rings. The third-order valence-corrected chi connectivity index (χ3v) is 5.66. The molecule has 0 bridgehead atoms. The topological polar surface area (TPSA) is 101 Å². The molecule has 0 radical (unpaired) electrons. The van der Waals surface area contributed by atoms with Crippen LogP contribution in [0, 0.1) is 0 Å². The summed E-state index contributed by atoms with van der Waals surface area (Å²) in [6, 6.07) is 9.55. The second-order valence-electron chi connectivity index (χ2n) is 7.87. The molecule has 3 amide bonds. The summed E-state index contributed by atoms with van der Waals surface area (Å²) in [7, 11) is 0. The fourth-order valence-corrected chi connectivity index (χ4v) is 4.04. The molecule has 1 N–H and O–H groups in total. The van der Waals surface area contributed by atoms with Gasteiger partial charge in [-0.2, -0.15) is 0 Å². The molecule has 1 unspecified atom stereocenters. The highest BCUT2D eigenvalue weighted by molar-refractivity contribution is 5.93. The van der Waals surface area contributed by atoms with Crippen molar-refractivity contribution in [3.8, 4) is 0 Å². The van der Waals surface area contributed by atoms with Crippen molar-refractivity contribution in [3.63, 3.8) is 0 Å². The summed E-state index contributed by atoms with van der Waals surface area (Å²) in [5.74, 6) is -1.25. The maximum Gasteiger partial charge on any atom is 0.317 e. The Balaban J connectivity index is 1.25. The molecule has 5 rings (SSSR count). The molecule has 10 nitrogen and oxygen atoms in total. The maximum absolute atomic E-state index is 13.1. The number of hydrogen-bond acceptors (Lipinski definition) is 6. The number of amides is 3. The van der Waals surface area contributed by atoms with Crippen LogP contribution < -0.4 is 5.32 Å². The predicted molar refractivity (Wildman–Crippen MR) is 114 cm³/mol. The molecule has 1 aromatic carbocycles. The van der Waals surface area contributed by atoms with Crippen LogP contribution in [0.25, 0.3) is 5.65 Å². The van der Waals surface area contributed by atoms with E-state index in [-0.39, 0.29) is 25.0 Å². The molecule has 4 heterocycles. The number of rotatable bonds is 3. The Kier molecular flexibility index (Phi) is 5.46. The minimum atomic E-state index is -1.04. The minimum absolute atomic E-state index is 0.184. The summed E-state index contributed by atoms with van der Waals surface area (Å²) in [5, 5.41) is 2.94. The normalized spacial score (nSPS) is 21.1. The molecule has 0 saturated carbocycles. The van der Waals surface area contributed by atoms with Gasteiger partial charge in [0, 0.05) is 38.2 Å². The van der Waals surface area contributed by atoms with Crippen LogP contribution in [-0.4, -0.2) is 81.3 Å². The van der Waals surface area contributed by atoms with E-state index in [1.165, 1.54) is 0 Å². The lowest BCUT2D eigenvalue weighted by atomic mass is 10.1. The molecule has 10 heteroatoms. The Morgan fingerprint density at radius 1 is 1.06 bits per heavy atom. The first-order chi connectivity index (χ1) is 15.6. The summed E-state index contributed by atoms with van der Waals surface area (Å²) in [4.78, 5) is 37.6. The van der Waals surface area contributed by atoms with E-state index >= 15 is 0 Å². The van der Waals surface area contributed by atoms with Gasteiger partial charge < -0.3 is 29.0 Å². The first kappa shape index (κ1) is 20.4. The fraction of sp³-hybridized carbons (Fsp3) is 0.364. The first-order valence-corrected chi connectivity index (χ1v) is 10.5. The van der Waals surface area contributed by atoms with Crippen LogP contribution in [-0.2, 0) is 16.0 Å². The van der Waals surface area contributed by atoms with E-state index in [9.17, 15) is 9.59 Å². The number of aromatic nitrogens is 3. The van der Waals surface area contributed by atoms with Gasteiger partial charge in [-0.05, 0) is 5.56 Å². The molecule has 1 atom stereocenters. The monoisotopic (exact) mass is 436 g/mol. The molecule has 32 heavy (non-hydrogen) atoms. The van der Waals surface area contributed by atoms with Crippen LogP contribution in [0.5, 0.6) is 0 Å². The third kappa shape index (κ3) is 4.14. The zero-order valence-corrected chi connectivity index (χ0v) is 17.5. The second kappa shape index (κ2) is 8.56. The molecule has 2 fully saturated rings. The molecule has 3 aromatic rings. The van der Waals surface area contributed by atoms with Gasteiger partial charge in [0.1, 0.15) is 5.69 Å². The Bertz CT molecular complexity index is 1080. The molecule has 2 aromatic heterocycles. The molecule has 2 aliphatic heterocycles. The van der Waals surface area contributed by atoms with Gasteiger partial charge in [-0.1, -0.05) is 30.3 Å². The molecule has 2 saturated heterocycles. The molecular formula is C22H24N6O4. The third-order valence-electron chi connectivity index (χ3n) is 5.66. The standard InChI is InChI=1S/C22H24N6O4/c29-20(18-14-26-7-6-23-13-19(26)25-18)27-8-10-31-22(15-27)16-28(9-11-32-22)21(30)24-12-17-4-2-1-3-5-17/h1-7,13-14H,8-12,15-16H2,(H,24,30). The number of fused-ring (bicyclic) bond motifs is 1. The van der Waals surface area contributed by atoms with E-state index in [1.54, 1.807) is 39.0 Å². The van der Waals surface area contributed by atoms with Crippen molar-refractivity contribution in [1.82, 2.24) is 29.5 Å². The van der Waals surface area contributed by atoms with Crippen LogP contribution in [0.3, 0.4) is 0 Å². The number of imidazole rings is 1. The Morgan fingerprint density at radius 3 is 2.59 bits per heavy atom. The minimum Gasteiger partial charge on any atom is -0.345 e. The Morgan fingerprint density at radius 2 is 1.81 bits per heavy atom. The van der Waals surface area contributed by atoms with Crippen LogP contribution >= 0.6 is 0 Å². The van der Waals surface area contributed by atoms with E-state index < -0.39 is 5.79 Å². The molecule has 166 valence electrons. The number of morpholine rings is 2. The van der Waals surface area contributed by atoms with Crippen LogP contribution in [0.2, 0.25) is 0 Å². The zero-order valence-electron chi connectivity index (χ0n) is 17.5. The summed E-state index contributed by atoms with van der Waals surface area (Å²) in [6.07, 6.45) is 6.68. The number of urea groups is 1. The number of nitrogens with one attached hydrogen (secondary N) is 1. The maximum atomic E-state index is 13.1. The van der Waals surface area contributed by atoms with Crippen molar-refractivity contribution in [2.45, 2.75) is 12.3 Å². The van der Waals surface area contributed by atoms with Gasteiger partial charge in [0.15, 0.2) is 5.65 Å². The summed E-state index contributed by atoms with van der Waals surface area (Å²) >= 11 is 0. The van der Waals surface area contributed by atoms with E-state index in [0.717, 1.165) is 5.56 Å². The quantitative estimate of drug-likeness (QED) is 0.661. The highest BCUT2D eigenvalue weighted by Gasteiger charge is 2.44. The van der Waals surface area contributed by atoms with Crippen LogP contribution in [0.15, 0.2) is 55.1 Å². The molecule has 0 aliphatic carbocycles. The van der Waals surface area contributed by atoms with Crippen molar-refractivity contribution in [1.29, 1.82) is 0 Å². The van der Waals surface area contributed by atoms with E-state index in [0.29, 0.717) is 44.2 Å². The van der Waals surface area contributed by atoms with Gasteiger partial charge in [0.2, 0.25) is 5.79 Å². The van der Waals surface area contributed by atoms with E-state index in [1.807, 2.05) is 30.3 Å². The van der Waals surface area contributed by atoms with Gasteiger partial charge in [-0.25, -0.2) is 9.78 Å². The SMILES string of the molecule is O=C(NCc1ccccc1)N1CCOC2(C1)CN(C(=O)c1cn3ccncc3n1)CCO2. The number of nitrogens with zero attached hydrogens (tertiary/aromatic N) is 5. The first-order valence-electron chi connectivity index (χ1n) is 10.5. The lowest BCUT2D eigenvalue weighted by Gasteiger charge is -2.47. The number of benzene rings is 1.